The number of aromatic hydroxyl groups is 2. The molecule has 0 saturated heterocycles. The van der Waals surface area contributed by atoms with Gasteiger partial charge in [0.2, 0.25) is 0 Å². The van der Waals surface area contributed by atoms with Crippen LogP contribution in [-0.4, -0.2) is 29.4 Å². The molecule has 0 atom stereocenters. The zero-order valence-corrected chi connectivity index (χ0v) is 12.5. The number of carbonyl (C=O) groups is 1. The molecule has 2 aromatic carbocycles. The van der Waals surface area contributed by atoms with E-state index in [1.165, 1.54) is 6.07 Å². The first-order chi connectivity index (χ1) is 10.5. The quantitative estimate of drug-likeness (QED) is 0.656. The smallest absolute Gasteiger partial charge is 0.342 e. The minimum atomic E-state index is -0.650. The summed E-state index contributed by atoms with van der Waals surface area (Å²) in [5.41, 5.74) is 1.50. The number of benzene rings is 2. The van der Waals surface area contributed by atoms with Gasteiger partial charge in [-0.2, -0.15) is 0 Å². The lowest BCUT2D eigenvalue weighted by atomic mass is 10.1. The van der Waals surface area contributed by atoms with Crippen LogP contribution in [0.25, 0.3) is 0 Å². The molecule has 2 rings (SSSR count). The van der Waals surface area contributed by atoms with Crippen LogP contribution in [0.3, 0.4) is 0 Å². The molecule has 116 valence electrons. The van der Waals surface area contributed by atoms with Crippen molar-refractivity contribution in [1.29, 1.82) is 0 Å². The third-order valence-electron chi connectivity index (χ3n) is 3.17. The molecule has 0 aliphatic carbocycles. The van der Waals surface area contributed by atoms with Crippen LogP contribution in [0.2, 0.25) is 0 Å². The van der Waals surface area contributed by atoms with Gasteiger partial charge in [0.25, 0.3) is 0 Å². The number of hydrogen-bond acceptors (Lipinski definition) is 5. The van der Waals surface area contributed by atoms with Crippen molar-refractivity contribution in [2.24, 2.45) is 0 Å². The summed E-state index contributed by atoms with van der Waals surface area (Å²) >= 11 is 0. The topological polar surface area (TPSA) is 76.0 Å². The minimum absolute atomic E-state index is 0.0497. The summed E-state index contributed by atoms with van der Waals surface area (Å²) in [6, 6.07) is 10.0. The maximum atomic E-state index is 12.0. The molecule has 2 N–H and O–H groups in total. The number of carbonyl (C=O) groups excluding carboxylic acids is 1. The van der Waals surface area contributed by atoms with Crippen LogP contribution >= 0.6 is 0 Å². The minimum Gasteiger partial charge on any atom is -0.508 e. The van der Waals surface area contributed by atoms with Crippen molar-refractivity contribution in [1.82, 2.24) is 0 Å². The molecule has 0 aliphatic heterocycles. The van der Waals surface area contributed by atoms with Gasteiger partial charge in [0.15, 0.2) is 0 Å². The molecular formula is C17H18O5. The molecule has 0 radical (unpaired) electrons. The van der Waals surface area contributed by atoms with Gasteiger partial charge in [0, 0.05) is 6.07 Å². The predicted octanol–water partition coefficient (Wildman–Crippen LogP) is 2.95. The summed E-state index contributed by atoms with van der Waals surface area (Å²) in [4.78, 5) is 12.0. The third kappa shape index (κ3) is 3.69. The van der Waals surface area contributed by atoms with Gasteiger partial charge in [-0.05, 0) is 37.1 Å². The fourth-order valence-electron chi connectivity index (χ4n) is 2.09. The maximum Gasteiger partial charge on any atom is 0.342 e. The number of aryl methyl sites for hydroxylation is 2. The van der Waals surface area contributed by atoms with E-state index in [0.717, 1.165) is 17.4 Å². The Balaban J connectivity index is 1.90. The van der Waals surface area contributed by atoms with E-state index in [4.69, 9.17) is 9.47 Å². The molecule has 2 aromatic rings. The number of ether oxygens (including phenoxy) is 2. The fraction of sp³-hybridized carbons (Fsp3) is 0.235. The van der Waals surface area contributed by atoms with Crippen molar-refractivity contribution < 1.29 is 24.5 Å². The predicted molar refractivity (Wildman–Crippen MR) is 81.5 cm³/mol. The summed E-state index contributed by atoms with van der Waals surface area (Å²) in [7, 11) is 0. The summed E-state index contributed by atoms with van der Waals surface area (Å²) in [6.07, 6.45) is 0. The van der Waals surface area contributed by atoms with E-state index in [1.54, 1.807) is 6.92 Å². The molecule has 0 unspecified atom stereocenters. The molecule has 0 heterocycles. The van der Waals surface area contributed by atoms with Crippen LogP contribution in [0.1, 0.15) is 21.5 Å². The van der Waals surface area contributed by atoms with Crippen LogP contribution in [-0.2, 0) is 4.74 Å². The third-order valence-corrected chi connectivity index (χ3v) is 3.17. The van der Waals surface area contributed by atoms with Crippen LogP contribution < -0.4 is 4.74 Å². The van der Waals surface area contributed by atoms with Crippen LogP contribution in [0.5, 0.6) is 17.2 Å². The van der Waals surface area contributed by atoms with E-state index in [0.29, 0.717) is 5.56 Å². The summed E-state index contributed by atoms with van der Waals surface area (Å²) in [5, 5.41) is 19.1. The highest BCUT2D eigenvalue weighted by molar-refractivity contribution is 5.94. The maximum absolute atomic E-state index is 12.0. The zero-order valence-electron chi connectivity index (χ0n) is 12.5. The Morgan fingerprint density at radius 2 is 1.77 bits per heavy atom. The Kier molecular flexibility index (Phi) is 4.88. The second-order valence-corrected chi connectivity index (χ2v) is 4.91. The lowest BCUT2D eigenvalue weighted by molar-refractivity contribution is 0.0446. The van der Waals surface area contributed by atoms with Gasteiger partial charge < -0.3 is 19.7 Å². The largest absolute Gasteiger partial charge is 0.508 e. The van der Waals surface area contributed by atoms with Crippen molar-refractivity contribution in [3.05, 3.63) is 53.1 Å². The van der Waals surface area contributed by atoms with Crippen molar-refractivity contribution in [3.63, 3.8) is 0 Å². The van der Waals surface area contributed by atoms with Crippen LogP contribution in [0.15, 0.2) is 36.4 Å². The molecule has 0 bridgehead atoms. The van der Waals surface area contributed by atoms with Crippen molar-refractivity contribution in [2.75, 3.05) is 13.2 Å². The highest BCUT2D eigenvalue weighted by Gasteiger charge is 2.17. The Morgan fingerprint density at radius 1 is 1.05 bits per heavy atom. The SMILES string of the molecule is Cc1ccccc1OCCOC(=O)c1c(C)cc(O)cc1O. The molecule has 0 fully saturated rings. The van der Waals surface area contributed by atoms with E-state index < -0.39 is 5.97 Å². The average molecular weight is 302 g/mol. The molecule has 22 heavy (non-hydrogen) atoms. The monoisotopic (exact) mass is 302 g/mol. The molecule has 0 spiro atoms. The molecule has 0 saturated carbocycles. The number of phenolic OH excluding ortho intramolecular Hbond substituents is 2. The molecule has 0 aliphatic rings. The Bertz CT molecular complexity index is 655. The number of phenols is 2. The number of esters is 1. The first-order valence-electron chi connectivity index (χ1n) is 6.87. The van der Waals surface area contributed by atoms with Gasteiger partial charge >= 0.3 is 5.97 Å². The first-order valence-corrected chi connectivity index (χ1v) is 6.87. The first kappa shape index (κ1) is 15.7. The standard InChI is InChI=1S/C17H18O5/c1-11-5-3-4-6-15(11)21-7-8-22-17(20)16-12(2)9-13(18)10-14(16)19/h3-6,9-10,18-19H,7-8H2,1-2H3. The van der Waals surface area contributed by atoms with Gasteiger partial charge in [-0.25, -0.2) is 4.79 Å². The van der Waals surface area contributed by atoms with Gasteiger partial charge in [-0.1, -0.05) is 18.2 Å². The van der Waals surface area contributed by atoms with Crippen LogP contribution in [0.4, 0.5) is 0 Å². The van der Waals surface area contributed by atoms with Crippen LogP contribution in [0, 0.1) is 13.8 Å². The summed E-state index contributed by atoms with van der Waals surface area (Å²) < 4.78 is 10.6. The van der Waals surface area contributed by atoms with Crippen molar-refractivity contribution in [2.45, 2.75) is 13.8 Å². The number of para-hydroxylation sites is 1. The summed E-state index contributed by atoms with van der Waals surface area (Å²) in [5.74, 6) is -0.317. The fourth-order valence-corrected chi connectivity index (χ4v) is 2.09. The Morgan fingerprint density at radius 3 is 2.45 bits per heavy atom. The van der Waals surface area contributed by atoms with Gasteiger partial charge in [0.05, 0.1) is 0 Å². The van der Waals surface area contributed by atoms with E-state index in [2.05, 4.69) is 0 Å². The zero-order chi connectivity index (χ0) is 16.1. The van der Waals surface area contributed by atoms with Crippen molar-refractivity contribution in [3.8, 4) is 17.2 Å². The average Bonchev–Trinajstić information content (AvgIpc) is 2.44. The molecular weight excluding hydrogens is 284 g/mol. The van der Waals surface area contributed by atoms with Gasteiger partial charge in [-0.15, -0.1) is 0 Å². The second-order valence-electron chi connectivity index (χ2n) is 4.91. The number of hydrogen-bond donors (Lipinski definition) is 2. The molecule has 0 aromatic heterocycles. The van der Waals surface area contributed by atoms with E-state index in [1.807, 2.05) is 31.2 Å². The Hall–Kier alpha value is -2.69. The molecule has 5 nitrogen and oxygen atoms in total. The summed E-state index contributed by atoms with van der Waals surface area (Å²) in [6.45, 7) is 3.82. The van der Waals surface area contributed by atoms with E-state index >= 15 is 0 Å². The van der Waals surface area contributed by atoms with Crippen molar-refractivity contribution >= 4 is 5.97 Å². The lowest BCUT2D eigenvalue weighted by Gasteiger charge is -2.11. The molecule has 5 heteroatoms. The van der Waals surface area contributed by atoms with E-state index in [-0.39, 0.29) is 30.3 Å². The van der Waals surface area contributed by atoms with Gasteiger partial charge in [0.1, 0.15) is 36.0 Å². The molecule has 0 amide bonds. The normalized spacial score (nSPS) is 10.3. The van der Waals surface area contributed by atoms with E-state index in [9.17, 15) is 15.0 Å². The second kappa shape index (κ2) is 6.85. The van der Waals surface area contributed by atoms with Gasteiger partial charge in [-0.3, -0.25) is 0 Å². The highest BCUT2D eigenvalue weighted by Crippen LogP contribution is 2.27. The lowest BCUT2D eigenvalue weighted by Crippen LogP contribution is -2.13. The Labute approximate surface area is 128 Å². The number of rotatable bonds is 5. The highest BCUT2D eigenvalue weighted by atomic mass is 16.6.